The first kappa shape index (κ1) is 18.3. The molecular formula is C25H23FO2. The maximum atomic E-state index is 14.4. The number of fused-ring (bicyclic) bond motifs is 1. The van der Waals surface area contributed by atoms with Crippen molar-refractivity contribution in [3.8, 4) is 11.5 Å². The third kappa shape index (κ3) is 3.40. The zero-order valence-corrected chi connectivity index (χ0v) is 15.8. The maximum Gasteiger partial charge on any atom is 0.126 e. The highest BCUT2D eigenvalue weighted by Gasteiger charge is 2.28. The van der Waals surface area contributed by atoms with Gasteiger partial charge in [-0.1, -0.05) is 48.9 Å². The summed E-state index contributed by atoms with van der Waals surface area (Å²) in [7, 11) is 0. The third-order valence-corrected chi connectivity index (χ3v) is 5.65. The molecule has 2 nitrogen and oxygen atoms in total. The van der Waals surface area contributed by atoms with Crippen LogP contribution in [0.2, 0.25) is 0 Å². The summed E-state index contributed by atoms with van der Waals surface area (Å²) in [6, 6.07) is 19.7. The average Bonchev–Trinajstić information content (AvgIpc) is 2.70. The lowest BCUT2D eigenvalue weighted by atomic mass is 9.73. The zero-order chi connectivity index (χ0) is 19.7. The van der Waals surface area contributed by atoms with Crippen LogP contribution in [0.5, 0.6) is 11.5 Å². The van der Waals surface area contributed by atoms with Crippen molar-refractivity contribution in [2.45, 2.75) is 32.1 Å². The Hall–Kier alpha value is -3.07. The number of halogens is 1. The van der Waals surface area contributed by atoms with Crippen LogP contribution < -0.4 is 0 Å². The predicted molar refractivity (Wildman–Crippen MR) is 110 cm³/mol. The van der Waals surface area contributed by atoms with E-state index in [0.29, 0.717) is 12.0 Å². The summed E-state index contributed by atoms with van der Waals surface area (Å²) in [5.41, 5.74) is 6.30. The molecule has 1 aliphatic rings. The highest BCUT2D eigenvalue weighted by molar-refractivity contribution is 5.77. The minimum Gasteiger partial charge on any atom is -0.508 e. The van der Waals surface area contributed by atoms with Crippen LogP contribution in [0.25, 0.3) is 5.57 Å². The van der Waals surface area contributed by atoms with E-state index in [4.69, 9.17) is 0 Å². The van der Waals surface area contributed by atoms with Crippen molar-refractivity contribution in [1.29, 1.82) is 0 Å². The molecule has 0 radical (unpaired) electrons. The van der Waals surface area contributed by atoms with Gasteiger partial charge in [-0.2, -0.15) is 0 Å². The van der Waals surface area contributed by atoms with Crippen LogP contribution in [0.4, 0.5) is 4.39 Å². The second-order valence-electron chi connectivity index (χ2n) is 7.32. The van der Waals surface area contributed by atoms with Gasteiger partial charge in [-0.25, -0.2) is 4.39 Å². The summed E-state index contributed by atoms with van der Waals surface area (Å²) in [4.78, 5) is 0. The number of benzene rings is 3. The van der Waals surface area contributed by atoms with E-state index < -0.39 is 0 Å². The van der Waals surface area contributed by atoms with E-state index in [0.717, 1.165) is 35.1 Å². The number of phenolic OH excluding ortho intramolecular Hbond substituents is 2. The molecule has 0 bridgehead atoms. The van der Waals surface area contributed by atoms with Gasteiger partial charge < -0.3 is 10.2 Å². The van der Waals surface area contributed by atoms with Crippen LogP contribution >= 0.6 is 0 Å². The first-order chi connectivity index (χ1) is 13.6. The average molecular weight is 374 g/mol. The molecule has 0 aliphatic heterocycles. The van der Waals surface area contributed by atoms with Crippen molar-refractivity contribution >= 4 is 5.57 Å². The van der Waals surface area contributed by atoms with Crippen molar-refractivity contribution in [2.24, 2.45) is 0 Å². The molecule has 1 aliphatic carbocycles. The molecule has 0 spiro atoms. The van der Waals surface area contributed by atoms with Gasteiger partial charge in [-0.05, 0) is 71.0 Å². The molecule has 0 amide bonds. The Kier molecular flexibility index (Phi) is 4.91. The number of hydrogen-bond donors (Lipinski definition) is 2. The standard InChI is InChI=1S/C25H23FO2/c1-2-21-22(16-7-10-19(27)11-8-16)13-17-9-12-20(28)15-23(17)24(21)14-18-5-3-4-6-25(18)26/h3-12,15,22,27-28H,2,13-14H2,1H3. The van der Waals surface area contributed by atoms with E-state index in [1.54, 1.807) is 30.3 Å². The summed E-state index contributed by atoms with van der Waals surface area (Å²) in [6.45, 7) is 2.12. The Morgan fingerprint density at radius 2 is 1.64 bits per heavy atom. The Bertz CT molecular complexity index is 1030. The molecule has 2 N–H and O–H groups in total. The maximum absolute atomic E-state index is 14.4. The Balaban J connectivity index is 1.88. The van der Waals surface area contributed by atoms with Gasteiger partial charge in [0.15, 0.2) is 0 Å². The first-order valence-corrected chi connectivity index (χ1v) is 9.63. The third-order valence-electron chi connectivity index (χ3n) is 5.65. The minimum absolute atomic E-state index is 0.171. The molecule has 3 heteroatoms. The van der Waals surface area contributed by atoms with Crippen LogP contribution in [-0.2, 0) is 12.8 Å². The van der Waals surface area contributed by atoms with Crippen LogP contribution in [-0.4, -0.2) is 10.2 Å². The topological polar surface area (TPSA) is 40.5 Å². The summed E-state index contributed by atoms with van der Waals surface area (Å²) < 4.78 is 14.4. The SMILES string of the molecule is CCC1=C(Cc2ccccc2F)c2cc(O)ccc2CC1c1ccc(O)cc1. The van der Waals surface area contributed by atoms with Crippen molar-refractivity contribution in [2.75, 3.05) is 0 Å². The molecule has 0 heterocycles. The fourth-order valence-corrected chi connectivity index (χ4v) is 4.28. The Labute approximate surface area is 164 Å². The first-order valence-electron chi connectivity index (χ1n) is 9.63. The van der Waals surface area contributed by atoms with Crippen LogP contribution in [0.1, 0.15) is 41.5 Å². The van der Waals surface area contributed by atoms with Gasteiger partial charge in [0, 0.05) is 12.3 Å². The van der Waals surface area contributed by atoms with E-state index in [-0.39, 0.29) is 23.2 Å². The van der Waals surface area contributed by atoms with Gasteiger partial charge in [0.2, 0.25) is 0 Å². The van der Waals surface area contributed by atoms with Crippen LogP contribution in [0.3, 0.4) is 0 Å². The van der Waals surface area contributed by atoms with E-state index in [9.17, 15) is 14.6 Å². The van der Waals surface area contributed by atoms with Gasteiger partial charge in [0.25, 0.3) is 0 Å². The van der Waals surface area contributed by atoms with Crippen LogP contribution in [0, 0.1) is 5.82 Å². The number of aromatic hydroxyl groups is 2. The number of phenols is 2. The van der Waals surface area contributed by atoms with Crippen molar-refractivity contribution in [1.82, 2.24) is 0 Å². The van der Waals surface area contributed by atoms with E-state index in [1.165, 1.54) is 11.6 Å². The Morgan fingerprint density at radius 1 is 0.929 bits per heavy atom. The molecule has 1 unspecified atom stereocenters. The molecule has 0 saturated carbocycles. The number of rotatable bonds is 4. The van der Waals surface area contributed by atoms with E-state index in [1.807, 2.05) is 30.3 Å². The molecule has 0 saturated heterocycles. The van der Waals surface area contributed by atoms with Gasteiger partial charge in [0.1, 0.15) is 17.3 Å². The second-order valence-corrected chi connectivity index (χ2v) is 7.32. The molecule has 28 heavy (non-hydrogen) atoms. The summed E-state index contributed by atoms with van der Waals surface area (Å²) in [5, 5.41) is 19.7. The highest BCUT2D eigenvalue weighted by atomic mass is 19.1. The van der Waals surface area contributed by atoms with Crippen LogP contribution in [0.15, 0.2) is 72.3 Å². The highest BCUT2D eigenvalue weighted by Crippen LogP contribution is 2.44. The van der Waals surface area contributed by atoms with Crippen molar-refractivity contribution < 1.29 is 14.6 Å². The molecule has 3 aromatic carbocycles. The second kappa shape index (κ2) is 7.51. The minimum atomic E-state index is -0.209. The largest absolute Gasteiger partial charge is 0.508 e. The Morgan fingerprint density at radius 3 is 2.36 bits per heavy atom. The molecule has 0 aromatic heterocycles. The molecule has 0 fully saturated rings. The van der Waals surface area contributed by atoms with E-state index >= 15 is 0 Å². The van der Waals surface area contributed by atoms with Crippen molar-refractivity contribution in [3.05, 3.63) is 100 Å². The zero-order valence-electron chi connectivity index (χ0n) is 15.8. The fraction of sp³-hybridized carbons (Fsp3) is 0.200. The normalized spacial score (nSPS) is 16.1. The van der Waals surface area contributed by atoms with E-state index in [2.05, 4.69) is 6.92 Å². The summed E-state index contributed by atoms with van der Waals surface area (Å²) in [5.74, 6) is 0.435. The predicted octanol–water partition coefficient (Wildman–Crippen LogP) is 5.98. The van der Waals surface area contributed by atoms with Gasteiger partial charge >= 0.3 is 0 Å². The molecule has 4 rings (SSSR count). The lowest BCUT2D eigenvalue weighted by Crippen LogP contribution is -2.16. The lowest BCUT2D eigenvalue weighted by Gasteiger charge is -2.31. The quantitative estimate of drug-likeness (QED) is 0.589. The smallest absolute Gasteiger partial charge is 0.126 e. The summed E-state index contributed by atoms with van der Waals surface area (Å²) >= 11 is 0. The molecular weight excluding hydrogens is 351 g/mol. The van der Waals surface area contributed by atoms with Gasteiger partial charge in [-0.15, -0.1) is 0 Å². The molecule has 1 atom stereocenters. The van der Waals surface area contributed by atoms with Gasteiger partial charge in [-0.3, -0.25) is 0 Å². The fourth-order valence-electron chi connectivity index (χ4n) is 4.28. The number of allylic oxidation sites excluding steroid dienone is 2. The lowest BCUT2D eigenvalue weighted by molar-refractivity contribution is 0.473. The number of hydrogen-bond acceptors (Lipinski definition) is 2. The van der Waals surface area contributed by atoms with Crippen molar-refractivity contribution in [3.63, 3.8) is 0 Å². The molecule has 3 aromatic rings. The monoisotopic (exact) mass is 374 g/mol. The molecule has 142 valence electrons. The summed E-state index contributed by atoms with van der Waals surface area (Å²) in [6.07, 6.45) is 2.15. The van der Waals surface area contributed by atoms with Gasteiger partial charge in [0.05, 0.1) is 0 Å².